The maximum atomic E-state index is 12.5. The van der Waals surface area contributed by atoms with Crippen LogP contribution in [0.25, 0.3) is 0 Å². The number of benzene rings is 1. The first-order valence-electron chi connectivity index (χ1n) is 8.58. The summed E-state index contributed by atoms with van der Waals surface area (Å²) in [6.07, 6.45) is 1.16. The van der Waals surface area contributed by atoms with Gasteiger partial charge in [-0.25, -0.2) is 0 Å². The van der Waals surface area contributed by atoms with Crippen LogP contribution >= 0.6 is 0 Å². The maximum absolute atomic E-state index is 12.5. The number of nitrogens with zero attached hydrogens (tertiary/aromatic N) is 1. The van der Waals surface area contributed by atoms with Crippen LogP contribution < -0.4 is 9.47 Å². The molecule has 0 radical (unpaired) electrons. The second-order valence-corrected chi connectivity index (χ2v) is 7.01. The van der Waals surface area contributed by atoms with Crippen LogP contribution in [0.1, 0.15) is 46.1 Å². The number of hydrogen-bond donors (Lipinski definition) is 0. The molecule has 1 aromatic carbocycles. The second-order valence-electron chi connectivity index (χ2n) is 7.01. The molecule has 1 unspecified atom stereocenters. The average molecular weight is 349 g/mol. The third-order valence-electron chi connectivity index (χ3n) is 4.28. The normalized spacial score (nSPS) is 14.1. The second kappa shape index (κ2) is 7.76. The number of carbonyl (C=O) groups is 2. The Labute approximate surface area is 149 Å². The van der Waals surface area contributed by atoms with Crippen molar-refractivity contribution < 1.29 is 23.8 Å². The van der Waals surface area contributed by atoms with Crippen molar-refractivity contribution in [3.8, 4) is 11.5 Å². The van der Waals surface area contributed by atoms with E-state index in [9.17, 15) is 9.59 Å². The standard InChI is InChI=1S/C19H27NO5/c1-6-18(22)25-19(3,4)11-17(21)20(5)13(2)9-14-7-8-15-16(10-14)24-12-23-15/h7-8,10,13H,6,9,11-12H2,1-5H3. The van der Waals surface area contributed by atoms with Gasteiger partial charge in [-0.15, -0.1) is 0 Å². The molecule has 2 rings (SSSR count). The van der Waals surface area contributed by atoms with Gasteiger partial charge < -0.3 is 19.1 Å². The average Bonchev–Trinajstić information content (AvgIpc) is 3.00. The van der Waals surface area contributed by atoms with Crippen LogP contribution in [-0.4, -0.2) is 42.3 Å². The van der Waals surface area contributed by atoms with Crippen LogP contribution in [-0.2, 0) is 20.7 Å². The molecule has 6 heteroatoms. The highest BCUT2D eigenvalue weighted by molar-refractivity contribution is 5.78. The van der Waals surface area contributed by atoms with Gasteiger partial charge >= 0.3 is 5.97 Å². The number of ether oxygens (including phenoxy) is 3. The minimum absolute atomic E-state index is 0.00514. The van der Waals surface area contributed by atoms with Crippen LogP contribution in [0.4, 0.5) is 0 Å². The topological polar surface area (TPSA) is 65.1 Å². The summed E-state index contributed by atoms with van der Waals surface area (Å²) in [5.41, 5.74) is 0.268. The molecule has 25 heavy (non-hydrogen) atoms. The molecule has 0 fully saturated rings. The Morgan fingerprint density at radius 1 is 1.28 bits per heavy atom. The Hall–Kier alpha value is -2.24. The first-order chi connectivity index (χ1) is 11.7. The van der Waals surface area contributed by atoms with Gasteiger partial charge in [0.15, 0.2) is 11.5 Å². The Bertz CT molecular complexity index is 641. The summed E-state index contributed by atoms with van der Waals surface area (Å²) >= 11 is 0. The highest BCUT2D eigenvalue weighted by atomic mass is 16.7. The first kappa shape index (κ1) is 19.1. The molecule has 1 amide bonds. The predicted molar refractivity (Wildman–Crippen MR) is 93.6 cm³/mol. The Morgan fingerprint density at radius 3 is 2.64 bits per heavy atom. The smallest absolute Gasteiger partial charge is 0.306 e. The number of fused-ring (bicyclic) bond motifs is 1. The van der Waals surface area contributed by atoms with Gasteiger partial charge in [-0.05, 0) is 44.9 Å². The number of carbonyl (C=O) groups excluding carboxylic acids is 2. The molecule has 1 aliphatic rings. The van der Waals surface area contributed by atoms with Crippen LogP contribution in [0, 0.1) is 0 Å². The maximum Gasteiger partial charge on any atom is 0.306 e. The largest absolute Gasteiger partial charge is 0.459 e. The predicted octanol–water partition coefficient (Wildman–Crippen LogP) is 2.93. The molecule has 138 valence electrons. The van der Waals surface area contributed by atoms with E-state index in [0.29, 0.717) is 12.8 Å². The summed E-state index contributed by atoms with van der Waals surface area (Å²) in [5.74, 6) is 1.14. The van der Waals surface area contributed by atoms with Crippen LogP contribution in [0.5, 0.6) is 11.5 Å². The van der Waals surface area contributed by atoms with Gasteiger partial charge in [0.05, 0.1) is 6.42 Å². The summed E-state index contributed by atoms with van der Waals surface area (Å²) in [4.78, 5) is 25.7. The number of likely N-dealkylation sites (N-methyl/N-ethyl adjacent to an activating group) is 1. The number of amides is 1. The summed E-state index contributed by atoms with van der Waals surface area (Å²) in [5, 5.41) is 0. The number of hydrogen-bond acceptors (Lipinski definition) is 5. The molecular weight excluding hydrogens is 322 g/mol. The van der Waals surface area contributed by atoms with Crippen molar-refractivity contribution in [3.05, 3.63) is 23.8 Å². The monoisotopic (exact) mass is 349 g/mol. The van der Waals surface area contributed by atoms with Gasteiger partial charge in [-0.2, -0.15) is 0 Å². The molecule has 0 aliphatic carbocycles. The molecule has 0 saturated carbocycles. The summed E-state index contributed by atoms with van der Waals surface area (Å²) in [6, 6.07) is 5.82. The fraction of sp³-hybridized carbons (Fsp3) is 0.579. The lowest BCUT2D eigenvalue weighted by molar-refractivity contribution is -0.159. The molecule has 0 saturated heterocycles. The van der Waals surface area contributed by atoms with E-state index < -0.39 is 5.60 Å². The molecule has 0 bridgehead atoms. The highest BCUT2D eigenvalue weighted by Crippen LogP contribution is 2.33. The van der Waals surface area contributed by atoms with E-state index in [1.165, 1.54) is 0 Å². The lowest BCUT2D eigenvalue weighted by Crippen LogP contribution is -2.41. The van der Waals surface area contributed by atoms with Crippen molar-refractivity contribution in [1.29, 1.82) is 0 Å². The molecule has 1 aliphatic heterocycles. The van der Waals surface area contributed by atoms with Crippen molar-refractivity contribution >= 4 is 11.9 Å². The Morgan fingerprint density at radius 2 is 1.96 bits per heavy atom. The van der Waals surface area contributed by atoms with Gasteiger partial charge in [0, 0.05) is 19.5 Å². The first-order valence-corrected chi connectivity index (χ1v) is 8.58. The molecule has 6 nitrogen and oxygen atoms in total. The van der Waals surface area contributed by atoms with E-state index >= 15 is 0 Å². The molecule has 0 aromatic heterocycles. The van der Waals surface area contributed by atoms with Crippen LogP contribution in [0.3, 0.4) is 0 Å². The molecular formula is C19H27NO5. The van der Waals surface area contributed by atoms with Crippen molar-refractivity contribution in [2.24, 2.45) is 0 Å². The van der Waals surface area contributed by atoms with Gasteiger partial charge in [0.2, 0.25) is 12.7 Å². The highest BCUT2D eigenvalue weighted by Gasteiger charge is 2.29. The van der Waals surface area contributed by atoms with Gasteiger partial charge in [0.1, 0.15) is 5.60 Å². The fourth-order valence-electron chi connectivity index (χ4n) is 2.70. The number of rotatable bonds is 7. The van der Waals surface area contributed by atoms with Crippen molar-refractivity contribution in [3.63, 3.8) is 0 Å². The van der Waals surface area contributed by atoms with Crippen molar-refractivity contribution in [2.45, 2.75) is 58.6 Å². The molecule has 0 N–H and O–H groups in total. The van der Waals surface area contributed by atoms with Crippen molar-refractivity contribution in [1.82, 2.24) is 4.90 Å². The van der Waals surface area contributed by atoms with E-state index in [4.69, 9.17) is 14.2 Å². The Balaban J connectivity index is 1.93. The minimum atomic E-state index is -0.809. The quantitative estimate of drug-likeness (QED) is 0.708. The van der Waals surface area contributed by atoms with E-state index in [2.05, 4.69) is 0 Å². The zero-order chi connectivity index (χ0) is 18.6. The summed E-state index contributed by atoms with van der Waals surface area (Å²) < 4.78 is 16.0. The van der Waals surface area contributed by atoms with E-state index in [-0.39, 0.29) is 31.1 Å². The van der Waals surface area contributed by atoms with E-state index in [0.717, 1.165) is 17.1 Å². The van der Waals surface area contributed by atoms with E-state index in [1.54, 1.807) is 32.7 Å². The van der Waals surface area contributed by atoms with Crippen LogP contribution in [0.15, 0.2) is 18.2 Å². The lowest BCUT2D eigenvalue weighted by Gasteiger charge is -2.30. The molecule has 1 atom stereocenters. The fourth-order valence-corrected chi connectivity index (χ4v) is 2.70. The SMILES string of the molecule is CCC(=O)OC(C)(C)CC(=O)N(C)C(C)Cc1ccc2c(c1)OCO2. The Kier molecular flexibility index (Phi) is 5.93. The lowest BCUT2D eigenvalue weighted by atomic mass is 10.0. The van der Waals surface area contributed by atoms with Gasteiger partial charge in [-0.1, -0.05) is 13.0 Å². The zero-order valence-corrected chi connectivity index (χ0v) is 15.6. The third kappa shape index (κ3) is 5.11. The summed E-state index contributed by atoms with van der Waals surface area (Å²) in [7, 11) is 1.78. The molecule has 1 heterocycles. The zero-order valence-electron chi connectivity index (χ0n) is 15.6. The van der Waals surface area contributed by atoms with Gasteiger partial charge in [-0.3, -0.25) is 9.59 Å². The van der Waals surface area contributed by atoms with Crippen molar-refractivity contribution in [2.75, 3.05) is 13.8 Å². The third-order valence-corrected chi connectivity index (χ3v) is 4.28. The van der Waals surface area contributed by atoms with Crippen LogP contribution in [0.2, 0.25) is 0 Å². The molecule has 0 spiro atoms. The van der Waals surface area contributed by atoms with Gasteiger partial charge in [0.25, 0.3) is 0 Å². The summed E-state index contributed by atoms with van der Waals surface area (Å²) in [6.45, 7) is 7.50. The minimum Gasteiger partial charge on any atom is -0.459 e. The van der Waals surface area contributed by atoms with E-state index in [1.807, 2.05) is 25.1 Å². The molecule has 1 aromatic rings. The number of esters is 1.